The highest BCUT2D eigenvalue weighted by molar-refractivity contribution is 6.30. The van der Waals surface area contributed by atoms with E-state index in [1.165, 1.54) is 11.2 Å². The molecule has 36 heavy (non-hydrogen) atoms. The maximum atomic E-state index is 14.4. The van der Waals surface area contributed by atoms with Gasteiger partial charge in [0.25, 0.3) is 5.92 Å². The molecule has 8 nitrogen and oxygen atoms in total. The minimum absolute atomic E-state index is 0.0136. The average Bonchev–Trinajstić information content (AvgIpc) is 3.08. The Hall–Kier alpha value is -3.01. The molecule has 194 valence electrons. The molecule has 0 spiro atoms. The summed E-state index contributed by atoms with van der Waals surface area (Å²) in [6, 6.07) is 6.55. The monoisotopic (exact) mass is 521 g/mol. The first-order valence-corrected chi connectivity index (χ1v) is 12.4. The highest BCUT2D eigenvalue weighted by atomic mass is 35.5. The van der Waals surface area contributed by atoms with Crippen LogP contribution in [-0.2, 0) is 10.7 Å². The number of amides is 2. The lowest BCUT2D eigenvalue weighted by atomic mass is 9.96. The van der Waals surface area contributed by atoms with Crippen LogP contribution in [0.3, 0.4) is 0 Å². The van der Waals surface area contributed by atoms with E-state index in [9.17, 15) is 23.5 Å². The third kappa shape index (κ3) is 5.09. The minimum Gasteiger partial charge on any atom is -0.465 e. The molecular weight excluding hydrogens is 492 g/mol. The summed E-state index contributed by atoms with van der Waals surface area (Å²) in [5, 5.41) is 10.2. The molecule has 1 fully saturated rings. The van der Waals surface area contributed by atoms with E-state index in [1.807, 2.05) is 4.90 Å². The largest absolute Gasteiger partial charge is 0.465 e. The number of alkyl halides is 2. The SMILES string of the molecule is CC(C)N(C[C@H](C(=O)N1CCN(c2ncnc3c2[C@H](C)CC3(F)F)CC1)c1ccc(Cl)cc1)C(=O)O. The van der Waals surface area contributed by atoms with Crippen molar-refractivity contribution in [1.29, 1.82) is 0 Å². The fourth-order valence-electron chi connectivity index (χ4n) is 5.05. The number of nitrogens with zero attached hydrogens (tertiary/aromatic N) is 5. The summed E-state index contributed by atoms with van der Waals surface area (Å²) < 4.78 is 28.8. The van der Waals surface area contributed by atoms with Crippen molar-refractivity contribution < 1.29 is 23.5 Å². The summed E-state index contributed by atoms with van der Waals surface area (Å²) in [6.07, 6.45) is -0.198. The first-order chi connectivity index (χ1) is 17.0. The van der Waals surface area contributed by atoms with Gasteiger partial charge in [-0.3, -0.25) is 4.79 Å². The summed E-state index contributed by atoms with van der Waals surface area (Å²) in [7, 11) is 0. The predicted octanol–water partition coefficient (Wildman–Crippen LogP) is 4.55. The smallest absolute Gasteiger partial charge is 0.407 e. The normalized spacial score (nSPS) is 19.8. The van der Waals surface area contributed by atoms with E-state index in [4.69, 9.17) is 11.6 Å². The van der Waals surface area contributed by atoms with Crippen LogP contribution in [0, 0.1) is 0 Å². The molecule has 1 aromatic carbocycles. The second-order valence-corrected chi connectivity index (χ2v) is 10.2. The van der Waals surface area contributed by atoms with Crippen LogP contribution in [0.15, 0.2) is 30.6 Å². The van der Waals surface area contributed by atoms with Crippen LogP contribution < -0.4 is 4.90 Å². The molecule has 1 aromatic heterocycles. The Labute approximate surface area is 213 Å². The molecule has 1 aliphatic heterocycles. The van der Waals surface area contributed by atoms with Crippen LogP contribution in [0.1, 0.15) is 55.8 Å². The Bertz CT molecular complexity index is 1120. The lowest BCUT2D eigenvalue weighted by Gasteiger charge is -2.38. The number of aromatic nitrogens is 2. The molecule has 1 N–H and O–H groups in total. The molecule has 2 atom stereocenters. The van der Waals surface area contributed by atoms with Crippen LogP contribution in [0.25, 0.3) is 0 Å². The van der Waals surface area contributed by atoms with Crippen molar-refractivity contribution in [1.82, 2.24) is 19.8 Å². The number of rotatable bonds is 6. The number of fused-ring (bicyclic) bond motifs is 1. The molecule has 4 rings (SSSR count). The number of anilines is 1. The topological polar surface area (TPSA) is 89.9 Å². The van der Waals surface area contributed by atoms with Gasteiger partial charge in [0.05, 0.1) is 5.92 Å². The number of benzene rings is 1. The van der Waals surface area contributed by atoms with Gasteiger partial charge in [-0.1, -0.05) is 30.7 Å². The fraction of sp³-hybridized carbons (Fsp3) is 0.520. The Morgan fingerprint density at radius 2 is 1.81 bits per heavy atom. The van der Waals surface area contributed by atoms with Crippen molar-refractivity contribution in [2.24, 2.45) is 0 Å². The number of hydrogen-bond donors (Lipinski definition) is 1. The van der Waals surface area contributed by atoms with Gasteiger partial charge < -0.3 is 19.8 Å². The molecule has 1 aliphatic carbocycles. The molecule has 0 unspecified atom stereocenters. The summed E-state index contributed by atoms with van der Waals surface area (Å²) in [5.41, 5.74) is 0.961. The van der Waals surface area contributed by atoms with Crippen molar-refractivity contribution in [2.45, 2.75) is 51.0 Å². The summed E-state index contributed by atoms with van der Waals surface area (Å²) in [5.74, 6) is -3.71. The first kappa shape index (κ1) is 26.1. The lowest BCUT2D eigenvalue weighted by molar-refractivity contribution is -0.133. The van der Waals surface area contributed by atoms with Gasteiger partial charge in [-0.25, -0.2) is 14.8 Å². The number of carboxylic acid groups (broad SMARTS) is 1. The molecule has 0 radical (unpaired) electrons. The van der Waals surface area contributed by atoms with Crippen LogP contribution in [0.4, 0.5) is 19.4 Å². The van der Waals surface area contributed by atoms with E-state index < -0.39 is 17.9 Å². The van der Waals surface area contributed by atoms with E-state index in [0.717, 1.165) is 0 Å². The molecule has 2 amide bonds. The third-order valence-corrected chi connectivity index (χ3v) is 7.23. The lowest BCUT2D eigenvalue weighted by Crippen LogP contribution is -2.52. The van der Waals surface area contributed by atoms with E-state index >= 15 is 0 Å². The maximum absolute atomic E-state index is 14.4. The highest BCUT2D eigenvalue weighted by Gasteiger charge is 2.47. The zero-order chi connectivity index (χ0) is 26.2. The zero-order valence-electron chi connectivity index (χ0n) is 20.5. The van der Waals surface area contributed by atoms with Gasteiger partial charge in [0, 0.05) is 55.8 Å². The van der Waals surface area contributed by atoms with Gasteiger partial charge in [0.15, 0.2) is 0 Å². The highest BCUT2D eigenvalue weighted by Crippen LogP contribution is 2.49. The Kier molecular flexibility index (Phi) is 7.36. The van der Waals surface area contributed by atoms with E-state index in [2.05, 4.69) is 9.97 Å². The molecular formula is C25H30ClF2N5O3. The number of piperazine rings is 1. The van der Waals surface area contributed by atoms with Crippen molar-refractivity contribution in [3.63, 3.8) is 0 Å². The van der Waals surface area contributed by atoms with Gasteiger partial charge >= 0.3 is 6.09 Å². The second kappa shape index (κ2) is 10.2. The fourth-order valence-corrected chi connectivity index (χ4v) is 5.18. The van der Waals surface area contributed by atoms with Crippen LogP contribution >= 0.6 is 11.6 Å². The number of carbonyl (C=O) groups excluding carboxylic acids is 1. The Balaban J connectivity index is 1.53. The number of halogens is 3. The quantitative estimate of drug-likeness (QED) is 0.600. The van der Waals surface area contributed by atoms with E-state index in [0.29, 0.717) is 48.1 Å². The van der Waals surface area contributed by atoms with Gasteiger partial charge in [-0.2, -0.15) is 8.78 Å². The standard InChI is InChI=1S/C25H30ClF2N5O3/c1-15(2)33(24(35)36)13-19(17-4-6-18(26)7-5-17)23(34)32-10-8-31(9-11-32)22-20-16(3)12-25(27,28)21(20)29-14-30-22/h4-7,14-16,19H,8-13H2,1-3H3,(H,35,36)/t16-,19+/m1/s1. The van der Waals surface area contributed by atoms with Crippen molar-refractivity contribution in [2.75, 3.05) is 37.6 Å². The summed E-state index contributed by atoms with van der Waals surface area (Å²) in [6.45, 7) is 6.87. The molecule has 2 aliphatic rings. The number of carbonyl (C=O) groups is 2. The predicted molar refractivity (Wildman–Crippen MR) is 132 cm³/mol. The van der Waals surface area contributed by atoms with Crippen molar-refractivity contribution in [3.05, 3.63) is 52.4 Å². The molecule has 0 saturated carbocycles. The first-order valence-electron chi connectivity index (χ1n) is 12.0. The molecule has 2 heterocycles. The van der Waals surface area contributed by atoms with Crippen molar-refractivity contribution >= 4 is 29.4 Å². The average molecular weight is 522 g/mol. The van der Waals surface area contributed by atoms with E-state index in [-0.39, 0.29) is 36.5 Å². The van der Waals surface area contributed by atoms with Crippen molar-refractivity contribution in [3.8, 4) is 0 Å². The summed E-state index contributed by atoms with van der Waals surface area (Å²) in [4.78, 5) is 38.6. The number of hydrogen-bond acceptors (Lipinski definition) is 5. The molecule has 2 aromatic rings. The Morgan fingerprint density at radius 1 is 1.17 bits per heavy atom. The molecule has 11 heteroatoms. The van der Waals surface area contributed by atoms with E-state index in [1.54, 1.807) is 49.9 Å². The molecule has 1 saturated heterocycles. The van der Waals surface area contributed by atoms with Gasteiger partial charge in [0.2, 0.25) is 5.91 Å². The van der Waals surface area contributed by atoms with Crippen LogP contribution in [0.2, 0.25) is 5.02 Å². The van der Waals surface area contributed by atoms with Gasteiger partial charge in [0.1, 0.15) is 17.8 Å². The third-order valence-electron chi connectivity index (χ3n) is 6.97. The second-order valence-electron chi connectivity index (χ2n) is 9.71. The molecule has 0 bridgehead atoms. The minimum atomic E-state index is -2.97. The zero-order valence-corrected chi connectivity index (χ0v) is 21.3. The Morgan fingerprint density at radius 3 is 2.39 bits per heavy atom. The van der Waals surface area contributed by atoms with Crippen LogP contribution in [-0.4, -0.2) is 75.6 Å². The van der Waals surface area contributed by atoms with Gasteiger partial charge in [-0.15, -0.1) is 0 Å². The maximum Gasteiger partial charge on any atom is 0.407 e. The van der Waals surface area contributed by atoms with Gasteiger partial charge in [-0.05, 0) is 37.5 Å². The summed E-state index contributed by atoms with van der Waals surface area (Å²) >= 11 is 6.03. The van der Waals surface area contributed by atoms with Crippen LogP contribution in [0.5, 0.6) is 0 Å².